The maximum atomic E-state index is 12.2. The molecule has 0 N–H and O–H groups in total. The van der Waals surface area contributed by atoms with Crippen LogP contribution in [0.4, 0.5) is 5.69 Å². The van der Waals surface area contributed by atoms with E-state index in [-0.39, 0.29) is 18.3 Å². The van der Waals surface area contributed by atoms with Crippen molar-refractivity contribution in [3.63, 3.8) is 0 Å². The zero-order chi connectivity index (χ0) is 17.0. The summed E-state index contributed by atoms with van der Waals surface area (Å²) in [6, 6.07) is 11.2. The van der Waals surface area contributed by atoms with Crippen molar-refractivity contribution < 1.29 is 9.53 Å². The van der Waals surface area contributed by atoms with Gasteiger partial charge in [-0.1, -0.05) is 0 Å². The molecular formula is C18H19N3O2. The molecule has 0 bridgehead atoms. The topological polar surface area (TPSA) is 66.2 Å². The van der Waals surface area contributed by atoms with Gasteiger partial charge in [0, 0.05) is 31.0 Å². The number of Topliss-reactive ketones (excluding diaryl/α,β-unsaturated/α-hetero) is 1. The summed E-state index contributed by atoms with van der Waals surface area (Å²) in [7, 11) is 3.88. The average molecular weight is 309 g/mol. The highest BCUT2D eigenvalue weighted by Gasteiger charge is 2.13. The van der Waals surface area contributed by atoms with Crippen molar-refractivity contribution in [2.24, 2.45) is 0 Å². The van der Waals surface area contributed by atoms with Gasteiger partial charge in [-0.05, 0) is 49.7 Å². The van der Waals surface area contributed by atoms with Gasteiger partial charge in [0.05, 0.1) is 0 Å². The lowest BCUT2D eigenvalue weighted by atomic mass is 10.1. The van der Waals surface area contributed by atoms with Gasteiger partial charge in [-0.2, -0.15) is 5.26 Å². The van der Waals surface area contributed by atoms with E-state index in [9.17, 15) is 10.1 Å². The molecule has 0 fully saturated rings. The molecule has 2 rings (SSSR count). The highest BCUT2D eigenvalue weighted by Crippen LogP contribution is 2.20. The summed E-state index contributed by atoms with van der Waals surface area (Å²) in [5.41, 5.74) is 3.49. The van der Waals surface area contributed by atoms with E-state index in [1.165, 1.54) is 0 Å². The normalized spacial score (nSPS) is 10.0. The lowest BCUT2D eigenvalue weighted by Gasteiger charge is -2.12. The Balaban J connectivity index is 2.12. The van der Waals surface area contributed by atoms with E-state index >= 15 is 0 Å². The van der Waals surface area contributed by atoms with Crippen LogP contribution < -0.4 is 9.64 Å². The van der Waals surface area contributed by atoms with Crippen molar-refractivity contribution in [1.29, 1.82) is 5.26 Å². The van der Waals surface area contributed by atoms with Crippen LogP contribution in [0.2, 0.25) is 0 Å². The third kappa shape index (κ3) is 3.86. The van der Waals surface area contributed by atoms with Gasteiger partial charge >= 0.3 is 0 Å². The SMILES string of the molecule is Cc1cc(C)c(C#N)c(OCC(=O)c2ccc(N(C)C)cc2)n1. The molecule has 0 amide bonds. The Morgan fingerprint density at radius 1 is 1.26 bits per heavy atom. The third-order valence-corrected chi connectivity index (χ3v) is 3.47. The Bertz CT molecular complexity index is 759. The fraction of sp³-hybridized carbons (Fsp3) is 0.278. The molecule has 0 saturated heterocycles. The van der Waals surface area contributed by atoms with E-state index in [0.717, 1.165) is 16.9 Å². The van der Waals surface area contributed by atoms with Crippen LogP contribution in [0.15, 0.2) is 30.3 Å². The number of aromatic nitrogens is 1. The number of anilines is 1. The van der Waals surface area contributed by atoms with Crippen LogP contribution in [0.1, 0.15) is 27.2 Å². The number of carbonyl (C=O) groups excluding carboxylic acids is 1. The van der Waals surface area contributed by atoms with E-state index in [1.54, 1.807) is 12.1 Å². The third-order valence-electron chi connectivity index (χ3n) is 3.47. The summed E-state index contributed by atoms with van der Waals surface area (Å²) in [5, 5.41) is 9.20. The molecule has 0 unspecified atom stereocenters. The van der Waals surface area contributed by atoms with Gasteiger partial charge in [0.25, 0.3) is 0 Å². The number of hydrogen-bond donors (Lipinski definition) is 0. The highest BCUT2D eigenvalue weighted by atomic mass is 16.5. The van der Waals surface area contributed by atoms with E-state index in [0.29, 0.717) is 11.1 Å². The van der Waals surface area contributed by atoms with E-state index in [2.05, 4.69) is 11.1 Å². The molecule has 0 atom stereocenters. The summed E-state index contributed by atoms with van der Waals surface area (Å²) in [6.45, 7) is 3.50. The Morgan fingerprint density at radius 2 is 1.91 bits per heavy atom. The van der Waals surface area contributed by atoms with Crippen LogP contribution >= 0.6 is 0 Å². The maximum Gasteiger partial charge on any atom is 0.232 e. The number of benzene rings is 1. The van der Waals surface area contributed by atoms with Crippen LogP contribution in [0, 0.1) is 25.2 Å². The molecule has 0 aliphatic heterocycles. The summed E-state index contributed by atoms with van der Waals surface area (Å²) < 4.78 is 5.49. The van der Waals surface area contributed by atoms with Crippen LogP contribution in [-0.2, 0) is 0 Å². The number of rotatable bonds is 5. The molecule has 23 heavy (non-hydrogen) atoms. The minimum absolute atomic E-state index is 0.147. The minimum atomic E-state index is -0.153. The van der Waals surface area contributed by atoms with Crippen molar-refractivity contribution in [3.8, 4) is 11.9 Å². The largest absolute Gasteiger partial charge is 0.468 e. The van der Waals surface area contributed by atoms with Crippen molar-refractivity contribution in [1.82, 2.24) is 4.98 Å². The first-order valence-corrected chi connectivity index (χ1v) is 7.24. The number of nitrogens with zero attached hydrogens (tertiary/aromatic N) is 3. The highest BCUT2D eigenvalue weighted by molar-refractivity contribution is 5.97. The lowest BCUT2D eigenvalue weighted by molar-refractivity contribution is 0.0917. The smallest absolute Gasteiger partial charge is 0.232 e. The first-order valence-electron chi connectivity index (χ1n) is 7.24. The molecule has 0 spiro atoms. The molecule has 1 heterocycles. The first kappa shape index (κ1) is 16.5. The lowest BCUT2D eigenvalue weighted by Crippen LogP contribution is -2.14. The maximum absolute atomic E-state index is 12.2. The van der Waals surface area contributed by atoms with Crippen LogP contribution in [0.5, 0.6) is 5.88 Å². The minimum Gasteiger partial charge on any atom is -0.468 e. The standard InChI is InChI=1S/C18H19N3O2/c1-12-9-13(2)20-18(16(12)10-19)23-11-17(22)14-5-7-15(8-6-14)21(3)4/h5-9H,11H2,1-4H3. The van der Waals surface area contributed by atoms with Gasteiger partial charge in [-0.15, -0.1) is 0 Å². The average Bonchev–Trinajstić information content (AvgIpc) is 2.52. The Kier molecular flexibility index (Phi) is 4.97. The predicted octanol–water partition coefficient (Wildman–Crippen LogP) is 2.90. The van der Waals surface area contributed by atoms with Gasteiger partial charge in [0.2, 0.25) is 5.88 Å². The van der Waals surface area contributed by atoms with Crippen LogP contribution in [-0.4, -0.2) is 31.5 Å². The summed E-state index contributed by atoms with van der Waals surface area (Å²) in [6.07, 6.45) is 0. The van der Waals surface area contributed by atoms with Crippen LogP contribution in [0.3, 0.4) is 0 Å². The predicted molar refractivity (Wildman–Crippen MR) is 89.0 cm³/mol. The number of pyridine rings is 1. The number of ether oxygens (including phenoxy) is 1. The molecule has 5 heteroatoms. The van der Waals surface area contributed by atoms with Crippen molar-refractivity contribution in [2.75, 3.05) is 25.6 Å². The second-order valence-corrected chi connectivity index (χ2v) is 5.53. The van der Waals surface area contributed by atoms with Gasteiger partial charge in [0.15, 0.2) is 12.4 Å². The van der Waals surface area contributed by atoms with Gasteiger partial charge in [-0.3, -0.25) is 4.79 Å². The monoisotopic (exact) mass is 309 g/mol. The molecule has 0 radical (unpaired) electrons. The number of hydrogen-bond acceptors (Lipinski definition) is 5. The van der Waals surface area contributed by atoms with Gasteiger partial charge < -0.3 is 9.64 Å². The Labute approximate surface area is 136 Å². The quantitative estimate of drug-likeness (QED) is 0.795. The summed E-state index contributed by atoms with van der Waals surface area (Å²) in [5.74, 6) is 0.0587. The van der Waals surface area contributed by atoms with Crippen LogP contribution in [0.25, 0.3) is 0 Å². The van der Waals surface area contributed by atoms with Crippen molar-refractivity contribution in [2.45, 2.75) is 13.8 Å². The molecule has 0 aliphatic carbocycles. The molecule has 118 valence electrons. The van der Waals surface area contributed by atoms with Gasteiger partial charge in [0.1, 0.15) is 11.6 Å². The fourth-order valence-electron chi connectivity index (χ4n) is 2.21. The molecule has 1 aromatic carbocycles. The number of carbonyl (C=O) groups is 1. The second kappa shape index (κ2) is 6.93. The zero-order valence-corrected chi connectivity index (χ0v) is 13.8. The molecular weight excluding hydrogens is 290 g/mol. The van der Waals surface area contributed by atoms with E-state index in [1.807, 2.05) is 51.0 Å². The van der Waals surface area contributed by atoms with Gasteiger partial charge in [-0.25, -0.2) is 4.98 Å². The molecule has 1 aromatic heterocycles. The van der Waals surface area contributed by atoms with E-state index < -0.39 is 0 Å². The first-order chi connectivity index (χ1) is 10.9. The number of nitriles is 1. The van der Waals surface area contributed by atoms with Crippen molar-refractivity contribution in [3.05, 3.63) is 52.7 Å². The second-order valence-electron chi connectivity index (χ2n) is 5.53. The number of ketones is 1. The summed E-state index contributed by atoms with van der Waals surface area (Å²) >= 11 is 0. The molecule has 0 aliphatic rings. The molecule has 2 aromatic rings. The summed E-state index contributed by atoms with van der Waals surface area (Å²) in [4.78, 5) is 18.4. The molecule has 0 saturated carbocycles. The number of aryl methyl sites for hydroxylation is 2. The van der Waals surface area contributed by atoms with Crippen molar-refractivity contribution >= 4 is 11.5 Å². The fourth-order valence-corrected chi connectivity index (χ4v) is 2.21. The Morgan fingerprint density at radius 3 is 2.48 bits per heavy atom. The van der Waals surface area contributed by atoms with E-state index in [4.69, 9.17) is 4.74 Å². The molecule has 5 nitrogen and oxygen atoms in total. The zero-order valence-electron chi connectivity index (χ0n) is 13.8. The Hall–Kier alpha value is -2.87.